The molecule has 0 amide bonds. The Kier molecular flexibility index (Phi) is 6.97. The zero-order valence-electron chi connectivity index (χ0n) is 15.4. The fraction of sp³-hybridized carbons (Fsp3) is 0.611. The molecule has 1 aromatic carbocycles. The van der Waals surface area contributed by atoms with Gasteiger partial charge in [0.1, 0.15) is 4.90 Å². The van der Waals surface area contributed by atoms with Crippen LogP contribution in [0, 0.1) is 5.92 Å². The normalized spacial score (nSPS) is 24.4. The molecule has 1 aliphatic carbocycles. The second-order valence-corrected chi connectivity index (χ2v) is 9.85. The zero-order chi connectivity index (χ0) is 19.4. The van der Waals surface area contributed by atoms with Crippen LogP contribution < -0.4 is 10.6 Å². The Balaban J connectivity index is 1.72. The Morgan fingerprint density at radius 3 is 2.67 bits per heavy atom. The van der Waals surface area contributed by atoms with Crippen molar-refractivity contribution in [2.24, 2.45) is 5.92 Å². The van der Waals surface area contributed by atoms with E-state index >= 15 is 0 Å². The number of rotatable bonds is 4. The van der Waals surface area contributed by atoms with Crippen LogP contribution in [-0.2, 0) is 14.8 Å². The van der Waals surface area contributed by atoms with Crippen molar-refractivity contribution in [2.45, 2.75) is 43.5 Å². The summed E-state index contributed by atoms with van der Waals surface area (Å²) < 4.78 is 32.5. The first kappa shape index (κ1) is 20.8. The third kappa shape index (κ3) is 5.12. The van der Waals surface area contributed by atoms with Crippen LogP contribution in [0.15, 0.2) is 23.1 Å². The molecule has 1 saturated carbocycles. The molecule has 27 heavy (non-hydrogen) atoms. The topological polar surface area (TPSA) is 70.7 Å². The number of ether oxygens (including phenoxy) is 1. The number of hydrogen-bond acceptors (Lipinski definition) is 4. The molecule has 0 radical (unpaired) electrons. The highest BCUT2D eigenvalue weighted by molar-refractivity contribution is 7.89. The number of sulfonamides is 1. The number of halogens is 1. The van der Waals surface area contributed by atoms with Gasteiger partial charge in [-0.2, -0.15) is 4.31 Å². The van der Waals surface area contributed by atoms with Gasteiger partial charge in [0.25, 0.3) is 0 Å². The van der Waals surface area contributed by atoms with Crippen LogP contribution >= 0.6 is 23.8 Å². The Bertz CT molecular complexity index is 782. The van der Waals surface area contributed by atoms with E-state index < -0.39 is 10.0 Å². The van der Waals surface area contributed by atoms with Crippen molar-refractivity contribution in [3.63, 3.8) is 0 Å². The number of thiocarbonyl (C=S) groups is 1. The van der Waals surface area contributed by atoms with E-state index in [0.29, 0.717) is 49.1 Å². The van der Waals surface area contributed by atoms with Crippen LogP contribution in [-0.4, -0.2) is 50.2 Å². The summed E-state index contributed by atoms with van der Waals surface area (Å²) in [6.45, 7) is 3.67. The molecule has 2 aliphatic rings. The monoisotopic (exact) mass is 431 g/mol. The summed E-state index contributed by atoms with van der Waals surface area (Å²) in [6.07, 6.45) is 4.76. The van der Waals surface area contributed by atoms with Crippen molar-refractivity contribution >= 4 is 44.6 Å². The molecule has 0 bridgehead atoms. The summed E-state index contributed by atoms with van der Waals surface area (Å²) in [6, 6.07) is 5.22. The fourth-order valence-electron chi connectivity index (χ4n) is 3.57. The van der Waals surface area contributed by atoms with Crippen molar-refractivity contribution in [3.8, 4) is 0 Å². The third-order valence-electron chi connectivity index (χ3n) is 5.20. The molecule has 0 aromatic heterocycles. The first-order valence-electron chi connectivity index (χ1n) is 9.33. The van der Waals surface area contributed by atoms with Gasteiger partial charge in [0.05, 0.1) is 18.2 Å². The van der Waals surface area contributed by atoms with Crippen molar-refractivity contribution in [2.75, 3.05) is 31.6 Å². The predicted octanol–water partition coefficient (Wildman–Crippen LogP) is 3.23. The molecule has 3 rings (SSSR count). The highest BCUT2D eigenvalue weighted by Gasteiger charge is 2.29. The molecule has 150 valence electrons. The standard InChI is InChI=1S/C18H26ClN3O3S2/c1-13-4-2-3-5-16(13)21-18(26)20-14-6-7-15(19)17(12-14)27(23,24)22-8-10-25-11-9-22/h6-7,12-13,16H,2-5,8-11H2,1H3,(H2,20,21,26). The maximum atomic E-state index is 12.9. The van der Waals surface area contributed by atoms with Gasteiger partial charge < -0.3 is 15.4 Å². The lowest BCUT2D eigenvalue weighted by Crippen LogP contribution is -2.43. The predicted molar refractivity (Wildman–Crippen MR) is 112 cm³/mol. The molecular formula is C18H26ClN3O3S2. The van der Waals surface area contributed by atoms with Gasteiger partial charge in [-0.05, 0) is 49.2 Å². The Labute approximate surface area is 171 Å². The molecule has 1 saturated heterocycles. The molecule has 2 unspecified atom stereocenters. The average molecular weight is 432 g/mol. The Morgan fingerprint density at radius 1 is 1.26 bits per heavy atom. The minimum Gasteiger partial charge on any atom is -0.379 e. The van der Waals surface area contributed by atoms with Crippen molar-refractivity contribution in [1.82, 2.24) is 9.62 Å². The summed E-state index contributed by atoms with van der Waals surface area (Å²) in [5.41, 5.74) is 0.604. The van der Waals surface area contributed by atoms with Crippen LogP contribution in [0.2, 0.25) is 5.02 Å². The average Bonchev–Trinajstić information content (AvgIpc) is 2.66. The summed E-state index contributed by atoms with van der Waals surface area (Å²) in [7, 11) is -3.67. The molecule has 1 aromatic rings. The zero-order valence-corrected chi connectivity index (χ0v) is 17.8. The van der Waals surface area contributed by atoms with Gasteiger partial charge in [0.2, 0.25) is 10.0 Å². The van der Waals surface area contributed by atoms with Gasteiger partial charge in [0, 0.05) is 24.8 Å². The summed E-state index contributed by atoms with van der Waals surface area (Å²) in [5, 5.41) is 7.18. The Morgan fingerprint density at radius 2 is 1.96 bits per heavy atom. The van der Waals surface area contributed by atoms with E-state index in [0.717, 1.165) is 6.42 Å². The van der Waals surface area contributed by atoms with Crippen LogP contribution in [0.5, 0.6) is 0 Å². The Hall–Kier alpha value is -0.930. The fourth-order valence-corrected chi connectivity index (χ4v) is 5.75. The van der Waals surface area contributed by atoms with Gasteiger partial charge in [0.15, 0.2) is 5.11 Å². The van der Waals surface area contributed by atoms with E-state index in [9.17, 15) is 8.42 Å². The molecule has 1 aliphatic heterocycles. The highest BCUT2D eigenvalue weighted by Crippen LogP contribution is 2.28. The van der Waals surface area contributed by atoms with E-state index in [1.54, 1.807) is 18.2 Å². The largest absolute Gasteiger partial charge is 0.379 e. The minimum atomic E-state index is -3.67. The first-order chi connectivity index (χ1) is 12.9. The van der Waals surface area contributed by atoms with Crippen LogP contribution in [0.25, 0.3) is 0 Å². The third-order valence-corrected chi connectivity index (χ3v) is 7.81. The lowest BCUT2D eigenvalue weighted by atomic mass is 9.86. The van der Waals surface area contributed by atoms with E-state index in [1.165, 1.54) is 23.6 Å². The van der Waals surface area contributed by atoms with E-state index in [1.807, 2.05) is 0 Å². The quantitative estimate of drug-likeness (QED) is 0.713. The maximum Gasteiger partial charge on any atom is 0.244 e. The van der Waals surface area contributed by atoms with Gasteiger partial charge in [-0.25, -0.2) is 8.42 Å². The van der Waals surface area contributed by atoms with Crippen molar-refractivity contribution < 1.29 is 13.2 Å². The van der Waals surface area contributed by atoms with Gasteiger partial charge in [-0.15, -0.1) is 0 Å². The molecule has 1 heterocycles. The number of morpholine rings is 1. The molecule has 2 N–H and O–H groups in total. The second-order valence-electron chi connectivity index (χ2n) is 7.13. The van der Waals surface area contributed by atoms with E-state index in [4.69, 9.17) is 28.6 Å². The van der Waals surface area contributed by atoms with Crippen molar-refractivity contribution in [3.05, 3.63) is 23.2 Å². The SMILES string of the molecule is CC1CCCCC1NC(=S)Nc1ccc(Cl)c(S(=O)(=O)N2CCOCC2)c1. The number of nitrogens with one attached hydrogen (secondary N) is 2. The lowest BCUT2D eigenvalue weighted by molar-refractivity contribution is 0.0730. The molecule has 2 fully saturated rings. The van der Waals surface area contributed by atoms with Crippen molar-refractivity contribution in [1.29, 1.82) is 0 Å². The van der Waals surface area contributed by atoms with Gasteiger partial charge >= 0.3 is 0 Å². The van der Waals surface area contributed by atoms with E-state index in [-0.39, 0.29) is 9.92 Å². The van der Waals surface area contributed by atoms with Crippen LogP contribution in [0.1, 0.15) is 32.6 Å². The molecule has 6 nitrogen and oxygen atoms in total. The number of hydrogen-bond donors (Lipinski definition) is 2. The number of anilines is 1. The van der Waals surface area contributed by atoms with Crippen LogP contribution in [0.3, 0.4) is 0 Å². The second kappa shape index (κ2) is 9.05. The van der Waals surface area contributed by atoms with Gasteiger partial charge in [-0.3, -0.25) is 0 Å². The summed E-state index contributed by atoms with van der Waals surface area (Å²) in [5.74, 6) is 0.570. The van der Waals surface area contributed by atoms with Gasteiger partial charge in [-0.1, -0.05) is 31.4 Å². The lowest BCUT2D eigenvalue weighted by Gasteiger charge is -2.30. The molecule has 9 heteroatoms. The smallest absolute Gasteiger partial charge is 0.244 e. The molecule has 2 atom stereocenters. The first-order valence-corrected chi connectivity index (χ1v) is 11.6. The van der Waals surface area contributed by atoms with Crippen LogP contribution in [0.4, 0.5) is 5.69 Å². The summed E-state index contributed by atoms with van der Waals surface area (Å²) >= 11 is 11.6. The molecular weight excluding hydrogens is 406 g/mol. The minimum absolute atomic E-state index is 0.0879. The molecule has 0 spiro atoms. The number of benzene rings is 1. The maximum absolute atomic E-state index is 12.9. The number of nitrogens with zero attached hydrogens (tertiary/aromatic N) is 1. The summed E-state index contributed by atoms with van der Waals surface area (Å²) in [4.78, 5) is 0.0879. The highest BCUT2D eigenvalue weighted by atomic mass is 35.5. The van der Waals surface area contributed by atoms with E-state index in [2.05, 4.69) is 17.6 Å².